The maximum absolute atomic E-state index is 12.9. The Hall–Kier alpha value is -4.18. The van der Waals surface area contributed by atoms with Gasteiger partial charge in [0.25, 0.3) is 11.8 Å². The van der Waals surface area contributed by atoms with Gasteiger partial charge in [-0.25, -0.2) is 4.98 Å². The van der Waals surface area contributed by atoms with Crippen LogP contribution in [0.1, 0.15) is 37.7 Å². The van der Waals surface area contributed by atoms with Crippen molar-refractivity contribution in [3.63, 3.8) is 0 Å². The Morgan fingerprint density at radius 3 is 2.15 bits per heavy atom. The molecular weight excluding hydrogens is 416 g/mol. The Labute approximate surface area is 192 Å². The average molecular weight is 441 g/mol. The van der Waals surface area contributed by atoms with Crippen LogP contribution < -0.4 is 4.74 Å². The van der Waals surface area contributed by atoms with Crippen LogP contribution in [0.25, 0.3) is 0 Å². The van der Waals surface area contributed by atoms with Gasteiger partial charge in [-0.3, -0.25) is 9.59 Å². The lowest BCUT2D eigenvalue weighted by molar-refractivity contribution is 0.0532. The SMILES string of the molecule is Cc1nc(C(=O)N2CCN(C(=O)c3ccc(OCc4ccccc4)cc3)CC2)ccc1C#N. The van der Waals surface area contributed by atoms with E-state index >= 15 is 0 Å². The zero-order valence-electron chi connectivity index (χ0n) is 18.4. The lowest BCUT2D eigenvalue weighted by atomic mass is 10.1. The van der Waals surface area contributed by atoms with Crippen molar-refractivity contribution in [1.29, 1.82) is 5.26 Å². The average Bonchev–Trinajstić information content (AvgIpc) is 2.87. The van der Waals surface area contributed by atoms with Gasteiger partial charge >= 0.3 is 0 Å². The molecule has 0 N–H and O–H groups in total. The molecule has 33 heavy (non-hydrogen) atoms. The summed E-state index contributed by atoms with van der Waals surface area (Å²) in [6, 6.07) is 22.3. The molecule has 0 spiro atoms. The number of nitrogens with zero attached hydrogens (tertiary/aromatic N) is 4. The highest BCUT2D eigenvalue weighted by atomic mass is 16.5. The third-order valence-corrected chi connectivity index (χ3v) is 5.63. The normalized spacial score (nSPS) is 13.3. The number of carbonyl (C=O) groups excluding carboxylic acids is 2. The molecule has 0 aliphatic carbocycles. The van der Waals surface area contributed by atoms with Crippen molar-refractivity contribution >= 4 is 11.8 Å². The molecule has 1 aromatic heterocycles. The number of amides is 2. The van der Waals surface area contributed by atoms with Crippen LogP contribution in [-0.4, -0.2) is 52.8 Å². The van der Waals surface area contributed by atoms with Gasteiger partial charge in [-0.1, -0.05) is 30.3 Å². The molecule has 2 aromatic carbocycles. The van der Waals surface area contributed by atoms with E-state index in [0.717, 1.165) is 5.56 Å². The van der Waals surface area contributed by atoms with Crippen molar-refractivity contribution in [1.82, 2.24) is 14.8 Å². The zero-order chi connectivity index (χ0) is 23.2. The molecule has 7 heteroatoms. The van der Waals surface area contributed by atoms with E-state index in [1.54, 1.807) is 53.1 Å². The Morgan fingerprint density at radius 1 is 0.909 bits per heavy atom. The van der Waals surface area contributed by atoms with Gasteiger partial charge in [-0.05, 0) is 48.9 Å². The van der Waals surface area contributed by atoms with E-state index in [2.05, 4.69) is 11.1 Å². The van der Waals surface area contributed by atoms with Crippen molar-refractivity contribution < 1.29 is 14.3 Å². The molecule has 166 valence electrons. The van der Waals surface area contributed by atoms with Crippen LogP contribution in [0.3, 0.4) is 0 Å². The van der Waals surface area contributed by atoms with E-state index in [4.69, 9.17) is 10.00 Å². The zero-order valence-corrected chi connectivity index (χ0v) is 18.4. The number of carbonyl (C=O) groups is 2. The van der Waals surface area contributed by atoms with Crippen LogP contribution in [0, 0.1) is 18.3 Å². The fourth-order valence-electron chi connectivity index (χ4n) is 3.69. The van der Waals surface area contributed by atoms with Crippen LogP contribution in [-0.2, 0) is 6.61 Å². The summed E-state index contributed by atoms with van der Waals surface area (Å²) in [7, 11) is 0. The van der Waals surface area contributed by atoms with Crippen molar-refractivity contribution in [2.24, 2.45) is 0 Å². The molecule has 0 atom stereocenters. The second-order valence-electron chi connectivity index (χ2n) is 7.82. The van der Waals surface area contributed by atoms with Gasteiger partial charge in [0, 0.05) is 31.7 Å². The van der Waals surface area contributed by atoms with Gasteiger partial charge in [0.05, 0.1) is 11.3 Å². The first kappa shape index (κ1) is 22.0. The van der Waals surface area contributed by atoms with Crippen molar-refractivity contribution in [3.05, 3.63) is 94.8 Å². The lowest BCUT2D eigenvalue weighted by Gasteiger charge is -2.34. The van der Waals surface area contributed by atoms with Gasteiger partial charge in [0.1, 0.15) is 24.1 Å². The Balaban J connectivity index is 1.31. The number of aromatic nitrogens is 1. The topological polar surface area (TPSA) is 86.5 Å². The summed E-state index contributed by atoms with van der Waals surface area (Å²) < 4.78 is 5.78. The highest BCUT2D eigenvalue weighted by molar-refractivity contribution is 5.95. The third-order valence-electron chi connectivity index (χ3n) is 5.63. The summed E-state index contributed by atoms with van der Waals surface area (Å²) in [6.45, 7) is 3.95. The number of hydrogen-bond acceptors (Lipinski definition) is 5. The van der Waals surface area contributed by atoms with Gasteiger partial charge in [0.15, 0.2) is 0 Å². The molecule has 1 fully saturated rings. The van der Waals surface area contributed by atoms with Crippen molar-refractivity contribution in [3.8, 4) is 11.8 Å². The predicted molar refractivity (Wildman–Crippen MR) is 123 cm³/mol. The molecule has 0 unspecified atom stereocenters. The standard InChI is InChI=1S/C26H24N4O3/c1-19-22(17-27)9-12-24(28-19)26(32)30-15-13-29(14-16-30)25(31)21-7-10-23(11-8-21)33-18-20-5-3-2-4-6-20/h2-12H,13-16,18H2,1H3. The minimum absolute atomic E-state index is 0.0657. The second-order valence-corrected chi connectivity index (χ2v) is 7.82. The highest BCUT2D eigenvalue weighted by Gasteiger charge is 2.26. The van der Waals surface area contributed by atoms with Gasteiger partial charge in [0.2, 0.25) is 0 Å². The van der Waals surface area contributed by atoms with E-state index < -0.39 is 0 Å². The fraction of sp³-hybridized carbons (Fsp3) is 0.231. The predicted octanol–water partition coefficient (Wildman–Crippen LogP) is 3.44. The van der Waals surface area contributed by atoms with Gasteiger partial charge in [-0.15, -0.1) is 0 Å². The van der Waals surface area contributed by atoms with E-state index in [9.17, 15) is 9.59 Å². The number of piperazine rings is 1. The van der Waals surface area contributed by atoms with E-state index in [0.29, 0.717) is 61.1 Å². The van der Waals surface area contributed by atoms with Crippen LogP contribution >= 0.6 is 0 Å². The second kappa shape index (κ2) is 9.96. The first-order valence-electron chi connectivity index (χ1n) is 10.8. The van der Waals surface area contributed by atoms with E-state index in [-0.39, 0.29) is 11.8 Å². The van der Waals surface area contributed by atoms with Crippen LogP contribution in [0.5, 0.6) is 5.75 Å². The third kappa shape index (κ3) is 5.18. The summed E-state index contributed by atoms with van der Waals surface area (Å²) in [4.78, 5) is 33.4. The first-order valence-corrected chi connectivity index (χ1v) is 10.8. The molecule has 0 saturated carbocycles. The molecule has 1 aliphatic rings. The van der Waals surface area contributed by atoms with Gasteiger partial charge in [-0.2, -0.15) is 5.26 Å². The quantitative estimate of drug-likeness (QED) is 0.607. The maximum Gasteiger partial charge on any atom is 0.272 e. The molecule has 7 nitrogen and oxygen atoms in total. The highest BCUT2D eigenvalue weighted by Crippen LogP contribution is 2.17. The van der Waals surface area contributed by atoms with Crippen molar-refractivity contribution in [2.75, 3.05) is 26.2 Å². The Kier molecular flexibility index (Phi) is 6.65. The van der Waals surface area contributed by atoms with Crippen LogP contribution in [0.15, 0.2) is 66.7 Å². The minimum Gasteiger partial charge on any atom is -0.489 e. The van der Waals surface area contributed by atoms with E-state index in [1.165, 1.54) is 0 Å². The maximum atomic E-state index is 12.9. The molecule has 2 amide bonds. The molecule has 0 radical (unpaired) electrons. The number of ether oxygens (including phenoxy) is 1. The number of pyridine rings is 1. The molecule has 3 aromatic rings. The molecule has 0 bridgehead atoms. The van der Waals surface area contributed by atoms with E-state index in [1.807, 2.05) is 30.3 Å². The summed E-state index contributed by atoms with van der Waals surface area (Å²) in [5.74, 6) is 0.453. The van der Waals surface area contributed by atoms with Crippen molar-refractivity contribution in [2.45, 2.75) is 13.5 Å². The first-order chi connectivity index (χ1) is 16.0. The number of nitriles is 1. The Morgan fingerprint density at radius 2 is 1.55 bits per heavy atom. The smallest absolute Gasteiger partial charge is 0.272 e. The number of hydrogen-bond donors (Lipinski definition) is 0. The molecule has 4 rings (SSSR count). The van der Waals surface area contributed by atoms with Crippen LogP contribution in [0.4, 0.5) is 0 Å². The lowest BCUT2D eigenvalue weighted by Crippen LogP contribution is -2.50. The molecule has 2 heterocycles. The largest absolute Gasteiger partial charge is 0.489 e. The monoisotopic (exact) mass is 440 g/mol. The van der Waals surface area contributed by atoms with Gasteiger partial charge < -0.3 is 14.5 Å². The summed E-state index contributed by atoms with van der Waals surface area (Å²) in [5.41, 5.74) is 2.98. The molecule has 1 saturated heterocycles. The number of aryl methyl sites for hydroxylation is 1. The Bertz CT molecular complexity index is 1180. The number of rotatable bonds is 5. The summed E-state index contributed by atoms with van der Waals surface area (Å²) >= 11 is 0. The summed E-state index contributed by atoms with van der Waals surface area (Å²) in [6.07, 6.45) is 0. The molecular formula is C26H24N4O3. The number of benzene rings is 2. The summed E-state index contributed by atoms with van der Waals surface area (Å²) in [5, 5.41) is 9.03. The minimum atomic E-state index is -0.186. The van der Waals surface area contributed by atoms with Crippen LogP contribution in [0.2, 0.25) is 0 Å². The fourth-order valence-corrected chi connectivity index (χ4v) is 3.69. The molecule has 1 aliphatic heterocycles.